The van der Waals surface area contributed by atoms with Crippen LogP contribution in [0.15, 0.2) is 194 Å². The Morgan fingerprint density at radius 3 is 0.744 bits per heavy atom. The number of ether oxygens (including phenoxy) is 3. The van der Waals surface area contributed by atoms with E-state index in [9.17, 15) is 14.4 Å². The van der Waals surface area contributed by atoms with Gasteiger partial charge in [-0.1, -0.05) is 286 Å². The van der Waals surface area contributed by atoms with Gasteiger partial charge < -0.3 is 14.2 Å². The molecule has 0 aromatic carbocycles. The van der Waals surface area contributed by atoms with Crippen LogP contribution in [0.2, 0.25) is 0 Å². The van der Waals surface area contributed by atoms with Crippen molar-refractivity contribution in [1.29, 1.82) is 0 Å². The standard InChI is InChI=1S/C76H116O6/c1-4-7-10-13-16-19-22-25-27-29-31-33-35-36-37-38-39-40-42-43-45-47-49-51-54-57-60-63-66-69-75(78)81-72-73(71-80-74(77)68-65-62-59-56-53-24-21-18-15-12-9-6-3)82-76(79)70-67-64-61-58-55-52-50-48-46-44-41-34-32-30-28-26-23-20-17-14-11-8-5-2/h7-8,10-11,16-17,19-20,25-28,31-34,36-37,39-40,43-46,49-52,57-58,60-61,73H,4-6,9,12-15,18,21-24,29-30,35,38,41-42,47-48,53-56,59,62-72H2,1-3H3/b10-7-,11-8-,19-16-,20-17-,27-25-,28-26-,33-31-,34-32-,37-36-,40-39-,45-43-,46-44-,51-49-,52-50-,60-57-,61-58-. The lowest BCUT2D eigenvalue weighted by atomic mass is 10.0. The minimum absolute atomic E-state index is 0.127. The molecule has 0 spiro atoms. The number of unbranched alkanes of at least 4 members (excludes halogenated alkanes) is 13. The molecule has 0 saturated heterocycles. The van der Waals surface area contributed by atoms with Crippen LogP contribution in [0.3, 0.4) is 0 Å². The molecule has 456 valence electrons. The zero-order chi connectivity index (χ0) is 59.2. The first-order valence-electron chi connectivity index (χ1n) is 32.4. The Balaban J connectivity index is 4.55. The first-order valence-corrected chi connectivity index (χ1v) is 32.4. The molecule has 0 radical (unpaired) electrons. The minimum Gasteiger partial charge on any atom is -0.462 e. The van der Waals surface area contributed by atoms with Crippen LogP contribution in [-0.4, -0.2) is 37.2 Å². The normalized spacial score (nSPS) is 13.5. The van der Waals surface area contributed by atoms with E-state index in [-0.39, 0.29) is 44.0 Å². The minimum atomic E-state index is -0.843. The summed E-state index contributed by atoms with van der Waals surface area (Å²) >= 11 is 0. The predicted molar refractivity (Wildman–Crippen MR) is 357 cm³/mol. The van der Waals surface area contributed by atoms with Gasteiger partial charge in [-0.15, -0.1) is 0 Å². The highest BCUT2D eigenvalue weighted by Crippen LogP contribution is 2.14. The molecule has 0 aliphatic heterocycles. The molecule has 0 bridgehead atoms. The van der Waals surface area contributed by atoms with Gasteiger partial charge in [0.25, 0.3) is 0 Å². The van der Waals surface area contributed by atoms with Crippen molar-refractivity contribution in [3.8, 4) is 0 Å². The summed E-state index contributed by atoms with van der Waals surface area (Å²) in [6.07, 6.45) is 103. The van der Waals surface area contributed by atoms with Gasteiger partial charge in [0.1, 0.15) is 13.2 Å². The van der Waals surface area contributed by atoms with E-state index in [4.69, 9.17) is 14.2 Å². The summed E-state index contributed by atoms with van der Waals surface area (Å²) in [5, 5.41) is 0. The number of allylic oxidation sites excluding steroid dienone is 32. The lowest BCUT2D eigenvalue weighted by molar-refractivity contribution is -0.167. The second-order valence-corrected chi connectivity index (χ2v) is 20.6. The highest BCUT2D eigenvalue weighted by molar-refractivity contribution is 5.71. The molecular weight excluding hydrogens is 1010 g/mol. The summed E-state index contributed by atoms with van der Waals surface area (Å²) in [6.45, 7) is 6.30. The monoisotopic (exact) mass is 1120 g/mol. The molecule has 0 aromatic rings. The maximum atomic E-state index is 12.9. The average Bonchev–Trinajstić information content (AvgIpc) is 3.47. The van der Waals surface area contributed by atoms with E-state index in [1.807, 2.05) is 0 Å². The Labute approximate surface area is 503 Å². The van der Waals surface area contributed by atoms with E-state index in [2.05, 4.69) is 215 Å². The van der Waals surface area contributed by atoms with Gasteiger partial charge in [-0.2, -0.15) is 0 Å². The highest BCUT2D eigenvalue weighted by atomic mass is 16.6. The number of hydrogen-bond donors (Lipinski definition) is 0. The highest BCUT2D eigenvalue weighted by Gasteiger charge is 2.19. The van der Waals surface area contributed by atoms with Gasteiger partial charge in [-0.05, 0) is 135 Å². The molecule has 6 nitrogen and oxygen atoms in total. The van der Waals surface area contributed by atoms with Crippen LogP contribution in [0.25, 0.3) is 0 Å². The third-order valence-electron chi connectivity index (χ3n) is 12.8. The van der Waals surface area contributed by atoms with Crippen LogP contribution < -0.4 is 0 Å². The number of rotatable bonds is 56. The smallest absolute Gasteiger partial charge is 0.306 e. The Bertz CT molecular complexity index is 1970. The third-order valence-corrected chi connectivity index (χ3v) is 12.8. The maximum absolute atomic E-state index is 12.9. The number of carbonyl (C=O) groups is 3. The summed E-state index contributed by atoms with van der Waals surface area (Å²) < 4.78 is 16.8. The van der Waals surface area contributed by atoms with Crippen molar-refractivity contribution in [3.63, 3.8) is 0 Å². The molecule has 0 heterocycles. The van der Waals surface area contributed by atoms with Crippen LogP contribution in [0.4, 0.5) is 0 Å². The quantitative estimate of drug-likeness (QED) is 0.0261. The molecule has 0 aliphatic rings. The van der Waals surface area contributed by atoms with Gasteiger partial charge in [-0.3, -0.25) is 14.4 Å². The molecule has 0 fully saturated rings. The van der Waals surface area contributed by atoms with Crippen LogP contribution in [-0.2, 0) is 28.6 Å². The van der Waals surface area contributed by atoms with Crippen molar-refractivity contribution in [3.05, 3.63) is 194 Å². The molecule has 1 unspecified atom stereocenters. The first kappa shape index (κ1) is 76.2. The fraction of sp³-hybridized carbons (Fsp3) is 0.539. The molecule has 0 aromatic heterocycles. The van der Waals surface area contributed by atoms with Crippen LogP contribution in [0.1, 0.15) is 245 Å². The van der Waals surface area contributed by atoms with Crippen molar-refractivity contribution in [2.75, 3.05) is 13.2 Å². The molecule has 0 rings (SSSR count). The van der Waals surface area contributed by atoms with Crippen LogP contribution >= 0.6 is 0 Å². The zero-order valence-electron chi connectivity index (χ0n) is 52.2. The van der Waals surface area contributed by atoms with Gasteiger partial charge in [-0.25, -0.2) is 0 Å². The molecule has 0 saturated carbocycles. The van der Waals surface area contributed by atoms with Crippen molar-refractivity contribution in [2.45, 2.75) is 252 Å². The summed E-state index contributed by atoms with van der Waals surface area (Å²) in [4.78, 5) is 38.3. The van der Waals surface area contributed by atoms with Crippen molar-refractivity contribution >= 4 is 17.9 Å². The maximum Gasteiger partial charge on any atom is 0.306 e. The van der Waals surface area contributed by atoms with Gasteiger partial charge in [0, 0.05) is 19.3 Å². The molecule has 0 aliphatic carbocycles. The molecule has 1 atom stereocenters. The van der Waals surface area contributed by atoms with E-state index in [1.165, 1.54) is 57.8 Å². The number of carbonyl (C=O) groups excluding carboxylic acids is 3. The van der Waals surface area contributed by atoms with E-state index in [1.54, 1.807) is 0 Å². The topological polar surface area (TPSA) is 78.9 Å². The Morgan fingerprint density at radius 2 is 0.476 bits per heavy atom. The third kappa shape index (κ3) is 65.1. The second-order valence-electron chi connectivity index (χ2n) is 20.6. The summed E-state index contributed by atoms with van der Waals surface area (Å²) in [6, 6.07) is 0. The summed E-state index contributed by atoms with van der Waals surface area (Å²) in [5.74, 6) is -1.06. The van der Waals surface area contributed by atoms with Gasteiger partial charge in [0.05, 0.1) is 0 Å². The lowest BCUT2D eigenvalue weighted by Crippen LogP contribution is -2.30. The first-order chi connectivity index (χ1) is 40.5. The van der Waals surface area contributed by atoms with Crippen molar-refractivity contribution in [2.24, 2.45) is 0 Å². The molecule has 82 heavy (non-hydrogen) atoms. The Morgan fingerprint density at radius 1 is 0.256 bits per heavy atom. The van der Waals surface area contributed by atoms with Gasteiger partial charge in [0.2, 0.25) is 0 Å². The fourth-order valence-electron chi connectivity index (χ4n) is 8.08. The SMILES string of the molecule is CC/C=C\C/C=C\C/C=C\C/C=C\C/C=C\C/C=C\C/C=C\C/C=C\C/C=C\CCCC(=O)OCC(COC(=O)CCCCCCCCCCCCCC)OC(=O)CCC/C=C\C/C=C\C/C=C\C/C=C\C/C=C\C/C=C\C/C=C\CC. The van der Waals surface area contributed by atoms with E-state index >= 15 is 0 Å². The zero-order valence-corrected chi connectivity index (χ0v) is 52.2. The van der Waals surface area contributed by atoms with Crippen molar-refractivity contribution < 1.29 is 28.6 Å². The number of hydrogen-bond acceptors (Lipinski definition) is 6. The summed E-state index contributed by atoms with van der Waals surface area (Å²) in [5.41, 5.74) is 0. The van der Waals surface area contributed by atoms with E-state index in [0.717, 1.165) is 135 Å². The summed E-state index contributed by atoms with van der Waals surface area (Å²) in [7, 11) is 0. The van der Waals surface area contributed by atoms with Crippen LogP contribution in [0.5, 0.6) is 0 Å². The average molecular weight is 1130 g/mol. The Kier molecular flexibility index (Phi) is 63.0. The predicted octanol–water partition coefficient (Wildman–Crippen LogP) is 22.6. The van der Waals surface area contributed by atoms with E-state index < -0.39 is 6.10 Å². The number of esters is 3. The van der Waals surface area contributed by atoms with Gasteiger partial charge in [0.15, 0.2) is 6.10 Å². The lowest BCUT2D eigenvalue weighted by Gasteiger charge is -2.18. The van der Waals surface area contributed by atoms with E-state index in [0.29, 0.717) is 19.3 Å². The molecule has 6 heteroatoms. The molecule has 0 N–H and O–H groups in total. The fourth-order valence-corrected chi connectivity index (χ4v) is 8.08. The second kappa shape index (κ2) is 67.8. The molecule has 0 amide bonds. The van der Waals surface area contributed by atoms with Crippen molar-refractivity contribution in [1.82, 2.24) is 0 Å². The molecular formula is C76H116O6. The Hall–Kier alpha value is -5.75. The largest absolute Gasteiger partial charge is 0.462 e. The van der Waals surface area contributed by atoms with Gasteiger partial charge >= 0.3 is 17.9 Å². The van der Waals surface area contributed by atoms with Crippen LogP contribution in [0, 0.1) is 0 Å².